The van der Waals surface area contributed by atoms with Crippen LogP contribution in [0, 0.1) is 0 Å². The van der Waals surface area contributed by atoms with Crippen molar-refractivity contribution in [2.75, 3.05) is 13.6 Å². The fraction of sp³-hybridized carbons (Fsp3) is 0.444. The number of hydrogen-bond donors (Lipinski definition) is 0. The molecule has 4 heteroatoms. The third kappa shape index (κ3) is 3.28. The molecule has 0 N–H and O–H groups in total. The first-order valence-electron chi connectivity index (χ1n) is 7.97. The summed E-state index contributed by atoms with van der Waals surface area (Å²) in [7, 11) is 3.91. The number of hydrogen-bond acceptors (Lipinski definition) is 3. The summed E-state index contributed by atoms with van der Waals surface area (Å²) in [6.45, 7) is 1.11. The lowest BCUT2D eigenvalue weighted by atomic mass is 9.91. The SMILES string of the molecule is CN(CCc1ccc(-c2ccc(=O)n(C)n2)cc1)C1CCC1. The standard InChI is InChI=1S/C18H23N3O/c1-20(16-4-3-5-16)13-12-14-6-8-15(9-7-14)17-10-11-18(22)21(2)19-17/h6-11,16H,3-5,12-13H2,1-2H3. The molecular formula is C18H23N3O. The summed E-state index contributed by atoms with van der Waals surface area (Å²) in [6.07, 6.45) is 5.17. The molecular weight excluding hydrogens is 274 g/mol. The van der Waals surface area contributed by atoms with Gasteiger partial charge in [-0.1, -0.05) is 30.7 Å². The van der Waals surface area contributed by atoms with Gasteiger partial charge < -0.3 is 4.90 Å². The van der Waals surface area contributed by atoms with Gasteiger partial charge in [-0.15, -0.1) is 0 Å². The van der Waals surface area contributed by atoms with Crippen LogP contribution in [-0.2, 0) is 13.5 Å². The number of nitrogens with zero attached hydrogens (tertiary/aromatic N) is 3. The molecule has 22 heavy (non-hydrogen) atoms. The van der Waals surface area contributed by atoms with Crippen LogP contribution in [0.1, 0.15) is 24.8 Å². The molecule has 1 aromatic heterocycles. The summed E-state index contributed by atoms with van der Waals surface area (Å²) in [6, 6.07) is 12.6. The maximum Gasteiger partial charge on any atom is 0.266 e. The van der Waals surface area contributed by atoms with Crippen molar-refractivity contribution in [2.45, 2.75) is 31.7 Å². The fourth-order valence-corrected chi connectivity index (χ4v) is 2.81. The largest absolute Gasteiger partial charge is 0.303 e. The van der Waals surface area contributed by atoms with Crippen LogP contribution in [0.3, 0.4) is 0 Å². The second kappa shape index (κ2) is 6.44. The molecule has 0 unspecified atom stereocenters. The molecule has 0 amide bonds. The van der Waals surface area contributed by atoms with E-state index in [1.54, 1.807) is 19.2 Å². The smallest absolute Gasteiger partial charge is 0.266 e. The average molecular weight is 297 g/mol. The Hall–Kier alpha value is -1.94. The summed E-state index contributed by atoms with van der Waals surface area (Å²) in [5.41, 5.74) is 3.14. The van der Waals surface area contributed by atoms with Gasteiger partial charge in [0.1, 0.15) is 0 Å². The zero-order chi connectivity index (χ0) is 15.5. The van der Waals surface area contributed by atoms with E-state index in [0.717, 1.165) is 30.3 Å². The van der Waals surface area contributed by atoms with Crippen molar-refractivity contribution in [1.82, 2.24) is 14.7 Å². The molecule has 1 aliphatic carbocycles. The van der Waals surface area contributed by atoms with Gasteiger partial charge in [-0.05, 0) is 37.9 Å². The number of likely N-dealkylation sites (N-methyl/N-ethyl adjacent to an activating group) is 1. The minimum atomic E-state index is -0.0839. The maximum absolute atomic E-state index is 11.4. The van der Waals surface area contributed by atoms with Crippen LogP contribution in [0.25, 0.3) is 11.3 Å². The molecule has 0 atom stereocenters. The van der Waals surface area contributed by atoms with Crippen LogP contribution in [0.5, 0.6) is 0 Å². The Morgan fingerprint density at radius 1 is 1.18 bits per heavy atom. The highest BCUT2D eigenvalue weighted by atomic mass is 16.1. The first-order valence-corrected chi connectivity index (χ1v) is 7.97. The second-order valence-corrected chi connectivity index (χ2v) is 6.19. The molecule has 4 nitrogen and oxygen atoms in total. The second-order valence-electron chi connectivity index (χ2n) is 6.19. The van der Waals surface area contributed by atoms with Crippen molar-refractivity contribution in [3.8, 4) is 11.3 Å². The fourth-order valence-electron chi connectivity index (χ4n) is 2.81. The molecule has 1 saturated carbocycles. The number of rotatable bonds is 5. The van der Waals surface area contributed by atoms with Crippen LogP contribution in [0.4, 0.5) is 0 Å². The van der Waals surface area contributed by atoms with Gasteiger partial charge in [-0.2, -0.15) is 5.10 Å². The van der Waals surface area contributed by atoms with E-state index >= 15 is 0 Å². The van der Waals surface area contributed by atoms with Crippen LogP contribution in [-0.4, -0.2) is 34.3 Å². The zero-order valence-corrected chi connectivity index (χ0v) is 13.3. The molecule has 0 bridgehead atoms. The summed E-state index contributed by atoms with van der Waals surface area (Å²) in [5, 5.41) is 4.28. The van der Waals surface area contributed by atoms with E-state index in [2.05, 4.69) is 41.3 Å². The molecule has 0 saturated heterocycles. The normalized spacial score (nSPS) is 15.0. The van der Waals surface area contributed by atoms with E-state index < -0.39 is 0 Å². The minimum absolute atomic E-state index is 0.0839. The lowest BCUT2D eigenvalue weighted by Crippen LogP contribution is -2.38. The highest BCUT2D eigenvalue weighted by Crippen LogP contribution is 2.23. The van der Waals surface area contributed by atoms with Crippen LogP contribution >= 0.6 is 0 Å². The van der Waals surface area contributed by atoms with Crippen molar-refractivity contribution in [3.05, 3.63) is 52.3 Å². The van der Waals surface area contributed by atoms with Crippen molar-refractivity contribution < 1.29 is 0 Å². The van der Waals surface area contributed by atoms with Gasteiger partial charge in [0.2, 0.25) is 0 Å². The quantitative estimate of drug-likeness (QED) is 0.851. The maximum atomic E-state index is 11.4. The van der Waals surface area contributed by atoms with Gasteiger partial charge in [-0.3, -0.25) is 4.79 Å². The first kappa shape index (κ1) is 15.0. The molecule has 1 heterocycles. The molecule has 1 fully saturated rings. The van der Waals surface area contributed by atoms with E-state index in [1.807, 2.05) is 0 Å². The number of aromatic nitrogens is 2. The highest BCUT2D eigenvalue weighted by Gasteiger charge is 2.21. The summed E-state index contributed by atoms with van der Waals surface area (Å²) in [5.74, 6) is 0. The van der Waals surface area contributed by atoms with E-state index in [4.69, 9.17) is 0 Å². The first-order chi connectivity index (χ1) is 10.6. The summed E-state index contributed by atoms with van der Waals surface area (Å²) >= 11 is 0. The van der Waals surface area contributed by atoms with Gasteiger partial charge >= 0.3 is 0 Å². The topological polar surface area (TPSA) is 38.1 Å². The molecule has 1 aromatic carbocycles. The lowest BCUT2D eigenvalue weighted by Gasteiger charge is -2.34. The van der Waals surface area contributed by atoms with E-state index in [9.17, 15) is 4.79 Å². The van der Waals surface area contributed by atoms with Gasteiger partial charge in [0.25, 0.3) is 5.56 Å². The van der Waals surface area contributed by atoms with E-state index in [0.29, 0.717) is 0 Å². The van der Waals surface area contributed by atoms with E-state index in [1.165, 1.54) is 29.5 Å². The third-order valence-corrected chi connectivity index (χ3v) is 4.66. The molecule has 0 radical (unpaired) electrons. The van der Waals surface area contributed by atoms with Crippen LogP contribution in [0.15, 0.2) is 41.2 Å². The highest BCUT2D eigenvalue weighted by molar-refractivity contribution is 5.58. The Bertz CT molecular complexity index is 686. The zero-order valence-electron chi connectivity index (χ0n) is 13.3. The Morgan fingerprint density at radius 3 is 2.50 bits per heavy atom. The van der Waals surface area contributed by atoms with E-state index in [-0.39, 0.29) is 5.56 Å². The number of aryl methyl sites for hydroxylation is 1. The molecule has 2 aromatic rings. The molecule has 0 spiro atoms. The van der Waals surface area contributed by atoms with Crippen molar-refractivity contribution in [3.63, 3.8) is 0 Å². The van der Waals surface area contributed by atoms with Gasteiger partial charge in [0, 0.05) is 31.3 Å². The van der Waals surface area contributed by atoms with Crippen molar-refractivity contribution in [1.29, 1.82) is 0 Å². The predicted molar refractivity (Wildman–Crippen MR) is 88.9 cm³/mol. The van der Waals surface area contributed by atoms with Crippen molar-refractivity contribution >= 4 is 0 Å². The monoisotopic (exact) mass is 297 g/mol. The van der Waals surface area contributed by atoms with Crippen LogP contribution < -0.4 is 5.56 Å². The molecule has 116 valence electrons. The average Bonchev–Trinajstić information content (AvgIpc) is 2.47. The Balaban J connectivity index is 1.64. The van der Waals surface area contributed by atoms with Crippen molar-refractivity contribution in [2.24, 2.45) is 7.05 Å². The minimum Gasteiger partial charge on any atom is -0.303 e. The van der Waals surface area contributed by atoms with Gasteiger partial charge in [0.05, 0.1) is 5.69 Å². The lowest BCUT2D eigenvalue weighted by molar-refractivity contribution is 0.161. The Kier molecular flexibility index (Phi) is 4.39. The third-order valence-electron chi connectivity index (χ3n) is 4.66. The molecule has 0 aliphatic heterocycles. The van der Waals surface area contributed by atoms with Crippen LogP contribution in [0.2, 0.25) is 0 Å². The summed E-state index contributed by atoms with van der Waals surface area (Å²) in [4.78, 5) is 13.9. The predicted octanol–water partition coefficient (Wildman–Crippen LogP) is 2.47. The van der Waals surface area contributed by atoms with Gasteiger partial charge in [-0.25, -0.2) is 4.68 Å². The summed E-state index contributed by atoms with van der Waals surface area (Å²) < 4.78 is 1.37. The Labute approximate surface area is 131 Å². The molecule has 1 aliphatic rings. The Morgan fingerprint density at radius 2 is 1.91 bits per heavy atom. The molecule has 3 rings (SSSR count). The van der Waals surface area contributed by atoms with Gasteiger partial charge in [0.15, 0.2) is 0 Å². The number of benzene rings is 1.